The highest BCUT2D eigenvalue weighted by molar-refractivity contribution is 6.32. The van der Waals surface area contributed by atoms with E-state index >= 15 is 0 Å². The Hall–Kier alpha value is -2.02. The molecule has 0 saturated carbocycles. The molecule has 0 atom stereocenters. The maximum atomic E-state index is 13.4. The second kappa shape index (κ2) is 5.56. The second-order valence-corrected chi connectivity index (χ2v) is 5.56. The first kappa shape index (κ1) is 15.9. The van der Waals surface area contributed by atoms with Crippen molar-refractivity contribution in [3.63, 3.8) is 0 Å². The number of hydrogen-bond acceptors (Lipinski definition) is 3. The number of pyridine rings is 1. The van der Waals surface area contributed by atoms with Gasteiger partial charge in [-0.25, -0.2) is 9.78 Å². The Kier molecular flexibility index (Phi) is 3.83. The highest BCUT2D eigenvalue weighted by atomic mass is 35.5. The third-order valence-electron chi connectivity index (χ3n) is 3.76. The number of carbonyl (C=O) groups is 1. The van der Waals surface area contributed by atoms with Crippen LogP contribution >= 0.6 is 11.6 Å². The molecular formula is C15H12ClF3N2O2. The SMILES string of the molecule is COC(=O)c1nc2c(C(F)(F)F)cc(C3=CCCC3)cn2c1Cl. The zero-order valence-corrected chi connectivity index (χ0v) is 12.8. The minimum absolute atomic E-state index is 0.196. The van der Waals surface area contributed by atoms with E-state index in [0.29, 0.717) is 12.0 Å². The quantitative estimate of drug-likeness (QED) is 0.760. The minimum Gasteiger partial charge on any atom is -0.464 e. The van der Waals surface area contributed by atoms with Crippen molar-refractivity contribution in [1.82, 2.24) is 9.38 Å². The molecule has 3 rings (SSSR count). The number of aromatic nitrogens is 2. The summed E-state index contributed by atoms with van der Waals surface area (Å²) in [6, 6.07) is 1.05. The number of hydrogen-bond donors (Lipinski definition) is 0. The highest BCUT2D eigenvalue weighted by Crippen LogP contribution is 2.37. The average Bonchev–Trinajstić information content (AvgIpc) is 3.13. The van der Waals surface area contributed by atoms with Crippen LogP contribution in [0.15, 0.2) is 18.3 Å². The van der Waals surface area contributed by atoms with Crippen molar-refractivity contribution in [3.05, 3.63) is 40.3 Å². The largest absolute Gasteiger partial charge is 0.464 e. The predicted molar refractivity (Wildman–Crippen MR) is 78.4 cm³/mol. The fourth-order valence-electron chi connectivity index (χ4n) is 2.66. The molecular weight excluding hydrogens is 333 g/mol. The molecule has 0 spiro atoms. The Balaban J connectivity index is 2.30. The highest BCUT2D eigenvalue weighted by Gasteiger charge is 2.36. The van der Waals surface area contributed by atoms with Crippen molar-refractivity contribution >= 4 is 28.8 Å². The Morgan fingerprint density at radius 2 is 2.17 bits per heavy atom. The van der Waals surface area contributed by atoms with Crippen LogP contribution in [0.3, 0.4) is 0 Å². The maximum Gasteiger partial charge on any atom is 0.420 e. The Morgan fingerprint density at radius 3 is 2.74 bits per heavy atom. The van der Waals surface area contributed by atoms with Crippen molar-refractivity contribution in [1.29, 1.82) is 0 Å². The van der Waals surface area contributed by atoms with Crippen LogP contribution in [0.1, 0.15) is 40.9 Å². The monoisotopic (exact) mass is 344 g/mol. The first-order chi connectivity index (χ1) is 10.8. The van der Waals surface area contributed by atoms with Gasteiger partial charge in [0.05, 0.1) is 12.7 Å². The van der Waals surface area contributed by atoms with Gasteiger partial charge in [0.1, 0.15) is 5.15 Å². The van der Waals surface area contributed by atoms with Crippen LogP contribution in [0.2, 0.25) is 5.15 Å². The molecule has 0 N–H and O–H groups in total. The smallest absolute Gasteiger partial charge is 0.420 e. The molecule has 23 heavy (non-hydrogen) atoms. The van der Waals surface area contributed by atoms with E-state index < -0.39 is 23.4 Å². The summed E-state index contributed by atoms with van der Waals surface area (Å²) in [4.78, 5) is 15.4. The number of fused-ring (bicyclic) bond motifs is 1. The number of carbonyl (C=O) groups excluding carboxylic acids is 1. The number of ether oxygens (including phenoxy) is 1. The minimum atomic E-state index is -4.61. The molecule has 0 saturated heterocycles. The van der Waals surface area contributed by atoms with Gasteiger partial charge < -0.3 is 4.74 Å². The van der Waals surface area contributed by atoms with Crippen LogP contribution in [0, 0.1) is 0 Å². The van der Waals surface area contributed by atoms with Gasteiger partial charge in [0.2, 0.25) is 0 Å². The standard InChI is InChI=1S/C15H12ClF3N2O2/c1-23-14(22)11-12(16)21-7-9(8-4-2-3-5-8)6-10(13(21)20-11)15(17,18)19/h4,6-7H,2-3,5H2,1H3. The van der Waals surface area contributed by atoms with Crippen molar-refractivity contribution in [3.8, 4) is 0 Å². The normalized spacial score (nSPS) is 15.1. The van der Waals surface area contributed by atoms with Crippen molar-refractivity contribution in [2.24, 2.45) is 0 Å². The lowest BCUT2D eigenvalue weighted by Crippen LogP contribution is -2.09. The van der Waals surface area contributed by atoms with Crippen molar-refractivity contribution < 1.29 is 22.7 Å². The fraction of sp³-hybridized carbons (Fsp3) is 0.333. The van der Waals surface area contributed by atoms with E-state index in [9.17, 15) is 18.0 Å². The summed E-state index contributed by atoms with van der Waals surface area (Å²) in [5.41, 5.74) is -0.415. The number of halogens is 4. The third-order valence-corrected chi connectivity index (χ3v) is 4.12. The molecule has 1 aliphatic rings. The van der Waals surface area contributed by atoms with Crippen LogP contribution in [0.5, 0.6) is 0 Å². The number of rotatable bonds is 2. The summed E-state index contributed by atoms with van der Waals surface area (Å²) < 4.78 is 45.7. The first-order valence-electron chi connectivity index (χ1n) is 6.89. The van der Waals surface area contributed by atoms with Crippen LogP contribution in [-0.4, -0.2) is 22.5 Å². The summed E-state index contributed by atoms with van der Waals surface area (Å²) in [6.07, 6.45) is 1.22. The van der Waals surface area contributed by atoms with Gasteiger partial charge in [-0.3, -0.25) is 4.40 Å². The molecule has 0 bridgehead atoms. The molecule has 122 valence electrons. The van der Waals surface area contributed by atoms with E-state index in [1.807, 2.05) is 6.08 Å². The number of nitrogens with zero attached hydrogens (tertiary/aromatic N) is 2. The Labute approximate surface area is 134 Å². The molecule has 0 amide bonds. The van der Waals surface area contributed by atoms with Gasteiger partial charge in [0, 0.05) is 6.20 Å². The van der Waals surface area contributed by atoms with Crippen molar-refractivity contribution in [2.45, 2.75) is 25.4 Å². The summed E-state index contributed by atoms with van der Waals surface area (Å²) in [6.45, 7) is 0. The molecule has 0 unspecified atom stereocenters. The van der Waals surface area contributed by atoms with E-state index in [4.69, 9.17) is 11.6 Å². The van der Waals surface area contributed by atoms with Gasteiger partial charge in [-0.1, -0.05) is 17.7 Å². The number of allylic oxidation sites excluding steroid dienone is 2. The third kappa shape index (κ3) is 2.69. The van der Waals surface area contributed by atoms with Crippen LogP contribution in [0.4, 0.5) is 13.2 Å². The molecule has 8 heteroatoms. The fourth-order valence-corrected chi connectivity index (χ4v) is 2.91. The Morgan fingerprint density at radius 1 is 1.43 bits per heavy atom. The molecule has 0 aromatic carbocycles. The molecule has 4 nitrogen and oxygen atoms in total. The van der Waals surface area contributed by atoms with Crippen LogP contribution in [-0.2, 0) is 10.9 Å². The number of methoxy groups -OCH3 is 1. The second-order valence-electron chi connectivity index (χ2n) is 5.20. The molecule has 2 aromatic rings. The zero-order valence-electron chi connectivity index (χ0n) is 12.1. The lowest BCUT2D eigenvalue weighted by atomic mass is 10.1. The molecule has 1 aliphatic carbocycles. The first-order valence-corrected chi connectivity index (χ1v) is 7.27. The summed E-state index contributed by atoms with van der Waals surface area (Å²) in [5.74, 6) is -0.881. The van der Waals surface area contributed by atoms with Crippen molar-refractivity contribution in [2.75, 3.05) is 7.11 Å². The lowest BCUT2D eigenvalue weighted by Gasteiger charge is -2.12. The molecule has 0 fully saturated rings. The van der Waals surface area contributed by atoms with Crippen LogP contribution < -0.4 is 0 Å². The number of alkyl halides is 3. The van der Waals surface area contributed by atoms with Gasteiger partial charge in [0.15, 0.2) is 11.3 Å². The van der Waals surface area contributed by atoms with E-state index in [2.05, 4.69) is 9.72 Å². The van der Waals surface area contributed by atoms with Gasteiger partial charge in [-0.2, -0.15) is 13.2 Å². The average molecular weight is 345 g/mol. The van der Waals surface area contributed by atoms with Crippen LogP contribution in [0.25, 0.3) is 11.2 Å². The predicted octanol–water partition coefficient (Wildman–Crippen LogP) is 4.36. The van der Waals surface area contributed by atoms with Gasteiger partial charge >= 0.3 is 12.1 Å². The zero-order chi connectivity index (χ0) is 16.8. The molecule has 0 aliphatic heterocycles. The molecule has 0 radical (unpaired) electrons. The number of imidazole rings is 1. The van der Waals surface area contributed by atoms with Gasteiger partial charge in [-0.05, 0) is 36.5 Å². The van der Waals surface area contributed by atoms with E-state index in [-0.39, 0.29) is 10.8 Å². The van der Waals surface area contributed by atoms with E-state index in [1.54, 1.807) is 0 Å². The summed E-state index contributed by atoms with van der Waals surface area (Å²) in [7, 11) is 1.11. The van der Waals surface area contributed by atoms with E-state index in [1.165, 1.54) is 6.20 Å². The Bertz CT molecular complexity index is 824. The summed E-state index contributed by atoms with van der Waals surface area (Å²) in [5, 5.41) is -0.196. The topological polar surface area (TPSA) is 43.6 Å². The van der Waals surface area contributed by atoms with Gasteiger partial charge in [-0.15, -0.1) is 0 Å². The molecule has 2 aromatic heterocycles. The number of esters is 1. The van der Waals surface area contributed by atoms with Gasteiger partial charge in [0.25, 0.3) is 0 Å². The molecule has 2 heterocycles. The van der Waals surface area contributed by atoms with E-state index in [0.717, 1.165) is 36.0 Å². The lowest BCUT2D eigenvalue weighted by molar-refractivity contribution is -0.136. The summed E-state index contributed by atoms with van der Waals surface area (Å²) >= 11 is 6.04. The maximum absolute atomic E-state index is 13.4.